The molecule has 1 aromatic carbocycles. The van der Waals surface area contributed by atoms with Crippen molar-refractivity contribution in [2.24, 2.45) is 7.05 Å². The van der Waals surface area contributed by atoms with Gasteiger partial charge in [0.15, 0.2) is 11.1 Å². The molecule has 2 heterocycles. The van der Waals surface area contributed by atoms with Crippen LogP contribution in [0.4, 0.5) is 5.69 Å². The van der Waals surface area contributed by atoms with Gasteiger partial charge in [0.2, 0.25) is 0 Å². The molecule has 0 saturated carbocycles. The van der Waals surface area contributed by atoms with Crippen molar-refractivity contribution in [3.05, 3.63) is 46.1 Å². The number of hydrogen-bond acceptors (Lipinski definition) is 6. The van der Waals surface area contributed by atoms with Crippen LogP contribution in [0.3, 0.4) is 0 Å². The number of aromatic nitrogens is 4. The number of benzene rings is 1. The molecule has 3 rings (SSSR count). The minimum Gasteiger partial charge on any atom is -0.478 e. The molecule has 32 heavy (non-hydrogen) atoms. The topological polar surface area (TPSA) is 111 Å². The van der Waals surface area contributed by atoms with Gasteiger partial charge >= 0.3 is 5.97 Å². The van der Waals surface area contributed by atoms with Gasteiger partial charge in [-0.1, -0.05) is 20.3 Å². The Morgan fingerprint density at radius 3 is 2.50 bits per heavy atom. The molecule has 0 atom stereocenters. The zero-order valence-corrected chi connectivity index (χ0v) is 19.3. The van der Waals surface area contributed by atoms with E-state index in [1.807, 2.05) is 19.1 Å². The average Bonchev–Trinajstić information content (AvgIpc) is 3.06. The van der Waals surface area contributed by atoms with Gasteiger partial charge in [0.1, 0.15) is 17.1 Å². The number of carboxylic acids is 1. The summed E-state index contributed by atoms with van der Waals surface area (Å²) in [5.74, 6) is 0.188. The second-order valence-corrected chi connectivity index (χ2v) is 8.22. The van der Waals surface area contributed by atoms with E-state index in [1.165, 1.54) is 13.8 Å². The van der Waals surface area contributed by atoms with Crippen LogP contribution in [0, 0.1) is 0 Å². The van der Waals surface area contributed by atoms with E-state index >= 15 is 0 Å². The highest BCUT2D eigenvalue weighted by atomic mass is 16.5. The molecule has 0 saturated heterocycles. The maximum Gasteiger partial charge on any atom is 0.347 e. The Morgan fingerprint density at radius 1 is 1.22 bits per heavy atom. The number of aryl methyl sites for hydroxylation is 3. The lowest BCUT2D eigenvalue weighted by atomic mass is 10.1. The first kappa shape index (κ1) is 23.3. The van der Waals surface area contributed by atoms with Crippen molar-refractivity contribution in [2.75, 3.05) is 11.9 Å². The second-order valence-electron chi connectivity index (χ2n) is 8.22. The van der Waals surface area contributed by atoms with Gasteiger partial charge < -0.3 is 15.2 Å². The standard InChI is InChI=1S/C23H31N5O4/c1-6-8-17-19-20(27(5)26-17)21(29)28(18(7-2)25-19)14-13-24-15-9-11-16(12-10-15)32-23(3,4)22(30)31/h9-12,24H,6-8,13-14H2,1-5H3,(H,30,31). The molecule has 9 heteroatoms. The largest absolute Gasteiger partial charge is 0.478 e. The fourth-order valence-electron chi connectivity index (χ4n) is 3.56. The first-order chi connectivity index (χ1) is 15.2. The molecule has 0 spiro atoms. The minimum absolute atomic E-state index is 0.0781. The number of nitrogens with zero attached hydrogens (tertiary/aromatic N) is 4. The number of carbonyl (C=O) groups is 1. The van der Waals surface area contributed by atoms with E-state index in [0.29, 0.717) is 36.3 Å². The highest BCUT2D eigenvalue weighted by Crippen LogP contribution is 2.21. The first-order valence-electron chi connectivity index (χ1n) is 10.9. The summed E-state index contributed by atoms with van der Waals surface area (Å²) in [6.45, 7) is 8.07. The van der Waals surface area contributed by atoms with Gasteiger partial charge in [0, 0.05) is 32.2 Å². The van der Waals surface area contributed by atoms with Crippen molar-refractivity contribution in [2.45, 2.75) is 59.1 Å². The zero-order chi connectivity index (χ0) is 23.5. The molecule has 0 unspecified atom stereocenters. The van der Waals surface area contributed by atoms with Gasteiger partial charge in [-0.3, -0.25) is 14.0 Å². The van der Waals surface area contributed by atoms with Crippen molar-refractivity contribution in [3.63, 3.8) is 0 Å². The van der Waals surface area contributed by atoms with Gasteiger partial charge in [0.25, 0.3) is 5.56 Å². The van der Waals surface area contributed by atoms with E-state index in [4.69, 9.17) is 9.72 Å². The summed E-state index contributed by atoms with van der Waals surface area (Å²) in [7, 11) is 1.79. The molecule has 9 nitrogen and oxygen atoms in total. The van der Waals surface area contributed by atoms with Gasteiger partial charge in [-0.2, -0.15) is 5.10 Å². The highest BCUT2D eigenvalue weighted by molar-refractivity contribution is 5.77. The summed E-state index contributed by atoms with van der Waals surface area (Å²) in [6, 6.07) is 7.07. The lowest BCUT2D eigenvalue weighted by Crippen LogP contribution is -2.37. The van der Waals surface area contributed by atoms with Crippen LogP contribution in [0.15, 0.2) is 29.1 Å². The number of ether oxygens (including phenoxy) is 1. The summed E-state index contributed by atoms with van der Waals surface area (Å²) in [5, 5.41) is 17.0. The van der Waals surface area contributed by atoms with Crippen LogP contribution in [0.2, 0.25) is 0 Å². The second kappa shape index (κ2) is 9.42. The molecule has 0 aliphatic rings. The Bertz CT molecular complexity index is 1160. The summed E-state index contributed by atoms with van der Waals surface area (Å²) in [6.07, 6.45) is 2.39. The van der Waals surface area contributed by atoms with E-state index in [2.05, 4.69) is 17.3 Å². The Labute approximate surface area is 187 Å². The van der Waals surface area contributed by atoms with E-state index < -0.39 is 11.6 Å². The molecule has 2 aromatic heterocycles. The van der Waals surface area contributed by atoms with Gasteiger partial charge in [0.05, 0.1) is 5.69 Å². The monoisotopic (exact) mass is 441 g/mol. The average molecular weight is 442 g/mol. The Hall–Kier alpha value is -3.36. The van der Waals surface area contributed by atoms with E-state index in [1.54, 1.807) is 28.4 Å². The van der Waals surface area contributed by atoms with Crippen molar-refractivity contribution >= 4 is 22.7 Å². The third kappa shape index (κ3) is 4.76. The molecule has 0 radical (unpaired) electrons. The molecule has 0 aliphatic heterocycles. The molecule has 3 aromatic rings. The number of rotatable bonds is 10. The van der Waals surface area contributed by atoms with Crippen LogP contribution in [0.5, 0.6) is 5.75 Å². The molecule has 0 fully saturated rings. The van der Waals surface area contributed by atoms with Crippen molar-refractivity contribution in [1.82, 2.24) is 19.3 Å². The fourth-order valence-corrected chi connectivity index (χ4v) is 3.56. The number of anilines is 1. The summed E-state index contributed by atoms with van der Waals surface area (Å²) in [4.78, 5) is 29.2. The number of carboxylic acid groups (broad SMARTS) is 1. The number of fused-ring (bicyclic) bond motifs is 1. The van der Waals surface area contributed by atoms with Crippen LogP contribution in [0.1, 0.15) is 45.6 Å². The Balaban J connectivity index is 1.74. The number of nitrogens with one attached hydrogen (secondary N) is 1. The molecule has 0 amide bonds. The maximum atomic E-state index is 13.2. The van der Waals surface area contributed by atoms with Crippen LogP contribution in [-0.4, -0.2) is 42.6 Å². The quantitative estimate of drug-likeness (QED) is 0.497. The van der Waals surface area contributed by atoms with Crippen molar-refractivity contribution < 1.29 is 14.6 Å². The molecular weight excluding hydrogens is 410 g/mol. The van der Waals surface area contributed by atoms with Crippen molar-refractivity contribution in [1.29, 1.82) is 0 Å². The third-order valence-corrected chi connectivity index (χ3v) is 5.30. The Kier molecular flexibility index (Phi) is 6.86. The lowest BCUT2D eigenvalue weighted by Gasteiger charge is -2.21. The molecule has 0 aliphatic carbocycles. The van der Waals surface area contributed by atoms with Crippen LogP contribution >= 0.6 is 0 Å². The van der Waals surface area contributed by atoms with Gasteiger partial charge in [-0.25, -0.2) is 9.78 Å². The predicted molar refractivity (Wildman–Crippen MR) is 123 cm³/mol. The van der Waals surface area contributed by atoms with Gasteiger partial charge in [-0.05, 0) is 44.5 Å². The summed E-state index contributed by atoms with van der Waals surface area (Å²) < 4.78 is 8.86. The van der Waals surface area contributed by atoms with Gasteiger partial charge in [-0.15, -0.1) is 0 Å². The summed E-state index contributed by atoms with van der Waals surface area (Å²) >= 11 is 0. The molecule has 2 N–H and O–H groups in total. The smallest absolute Gasteiger partial charge is 0.347 e. The first-order valence-corrected chi connectivity index (χ1v) is 10.9. The maximum absolute atomic E-state index is 13.2. The van der Waals surface area contributed by atoms with E-state index in [-0.39, 0.29) is 5.56 Å². The van der Waals surface area contributed by atoms with Crippen LogP contribution in [-0.2, 0) is 31.2 Å². The zero-order valence-electron chi connectivity index (χ0n) is 19.3. The Morgan fingerprint density at radius 2 is 1.91 bits per heavy atom. The van der Waals surface area contributed by atoms with E-state index in [9.17, 15) is 14.7 Å². The molecular formula is C23H31N5O4. The lowest BCUT2D eigenvalue weighted by molar-refractivity contribution is -0.152. The number of aliphatic carboxylic acids is 1. The van der Waals surface area contributed by atoms with Crippen LogP contribution in [0.25, 0.3) is 11.0 Å². The fraction of sp³-hybridized carbons (Fsp3) is 0.478. The van der Waals surface area contributed by atoms with Crippen molar-refractivity contribution in [3.8, 4) is 5.75 Å². The van der Waals surface area contributed by atoms with E-state index in [0.717, 1.165) is 30.0 Å². The number of hydrogen-bond donors (Lipinski definition) is 2. The predicted octanol–water partition coefficient (Wildman–Crippen LogP) is 3.00. The normalized spacial score (nSPS) is 11.7. The summed E-state index contributed by atoms with van der Waals surface area (Å²) in [5.41, 5.74) is 1.58. The molecule has 0 bridgehead atoms. The molecule has 172 valence electrons. The third-order valence-electron chi connectivity index (χ3n) is 5.30. The SMILES string of the molecule is CCCc1nn(C)c2c(=O)n(CCNc3ccc(OC(C)(C)C(=O)O)cc3)c(CC)nc12. The van der Waals surface area contributed by atoms with Crippen LogP contribution < -0.4 is 15.6 Å². The minimum atomic E-state index is -1.30. The highest BCUT2D eigenvalue weighted by Gasteiger charge is 2.29.